The van der Waals surface area contributed by atoms with Crippen molar-refractivity contribution in [2.45, 2.75) is 274 Å². The van der Waals surface area contributed by atoms with Crippen LogP contribution < -0.4 is 94.1 Å². The van der Waals surface area contributed by atoms with Crippen molar-refractivity contribution in [2.75, 3.05) is 77.0 Å². The highest BCUT2D eigenvalue weighted by atomic mass is 32.1. The lowest BCUT2D eigenvalue weighted by Crippen LogP contribution is -2.44. The fourth-order valence-electron chi connectivity index (χ4n) is 6.90. The number of nitrogens with two attached hydrogens (primary N) is 9. The van der Waals surface area contributed by atoms with Gasteiger partial charge in [0.05, 0.1) is 55.2 Å². The van der Waals surface area contributed by atoms with Crippen molar-refractivity contribution >= 4 is 72.5 Å². The van der Waals surface area contributed by atoms with Crippen LogP contribution in [0.3, 0.4) is 0 Å². The second-order valence-corrected chi connectivity index (χ2v) is 25.9. The maximum Gasteiger partial charge on any atom is 0.239 e. The van der Waals surface area contributed by atoms with Gasteiger partial charge in [0.25, 0.3) is 0 Å². The van der Waals surface area contributed by atoms with Crippen LogP contribution in [0.5, 0.6) is 0 Å². The number of H-pyrrole nitrogens is 1. The number of benzene rings is 1. The van der Waals surface area contributed by atoms with Gasteiger partial charge in [-0.1, -0.05) is 178 Å². The summed E-state index contributed by atoms with van der Waals surface area (Å²) in [6.07, 6.45) is 23.4. The first-order chi connectivity index (χ1) is 48.9. The zero-order chi connectivity index (χ0) is 80.2. The molecule has 1 aromatic carbocycles. The molecule has 8 amide bonds. The molecule has 0 radical (unpaired) electrons. The molecule has 28 nitrogen and oxygen atoms in total. The zero-order valence-electron chi connectivity index (χ0n) is 66.2. The standard InChI is InChI=1S/C13H20N2O.C10H18N4O.2C9H20N2O.C7H16N2O2.2C7H16N2OS.C7H16N2O.C4H11N.6H2/c1-2-3-9-15-13(16)12(14)10-11-7-5-4-6-8-11;1-2-3-4-13-10(15)9(11)5-8-6-12-7-14-8;2*1-4-5-6-11-9(12)8(10)7(2)3;1-2-3-4-9-7(11)6(8)5-10;2*1-2-3-4-9-7(10)6(8)5-11;1-3-4-5-9-7(10)6(2)8;1-2-3-4-5;;;;;;/h4-8,12H,2-3,9-10,14H2,1H3,(H,15,16);6-7,9H,2-5,11H2,1H3,(H,12,14)(H,13,15);2*7-8H,4-6,10H2,1-3H3,(H,11,12);6,10H,2-5,8H2,1H3,(H,9,11);2*6,11H,2-5,8H2,1H3,(H,9,10);6H,3-5,8H2,1-2H3,(H,9,10);2-5H2,1H3;6*1H/t12-;9-;2*8-;4*6-;;;;;;;/m00000000......./s1/i15+1;13+1;11+1,12+2;11+1;9+1;10+2;7+1;9+1;5+1;;;;;;. The second-order valence-electron chi connectivity index (χ2n) is 25.2. The molecule has 1 aromatic heterocycles. The van der Waals surface area contributed by atoms with Crippen molar-refractivity contribution in [1.29, 1.82) is 0 Å². The molecule has 0 bridgehead atoms. The number of unbranched alkanes of at least 4 members (excludes halogenated alkanes) is 9. The number of hydrogen-bond acceptors (Lipinski definition) is 21. The van der Waals surface area contributed by atoms with Crippen molar-refractivity contribution in [1.82, 2.24) is 52.5 Å². The number of amides is 8. The summed E-state index contributed by atoms with van der Waals surface area (Å²) < 4.78 is 0. The van der Waals surface area contributed by atoms with Crippen LogP contribution in [0.4, 0.5) is 0 Å². The highest BCUT2D eigenvalue weighted by molar-refractivity contribution is 7.80. The average molecular weight is 1530 g/mol. The minimum Gasteiger partial charge on any atom is -0.394 e. The van der Waals surface area contributed by atoms with Crippen LogP contribution >= 0.6 is 25.3 Å². The van der Waals surface area contributed by atoms with Crippen LogP contribution in [0, 0.1) is 11.8 Å². The smallest absolute Gasteiger partial charge is 0.239 e. The first kappa shape index (κ1) is 111. The van der Waals surface area contributed by atoms with Crippen molar-refractivity contribution in [2.24, 2.45) is 63.4 Å². The van der Waals surface area contributed by atoms with Crippen LogP contribution in [-0.2, 0) is 51.2 Å². The molecule has 103 heavy (non-hydrogen) atoms. The number of carbonyl (C=O) groups excluding carboxylic acids is 8. The number of aromatic nitrogens is 2. The molecule has 0 saturated carbocycles. The molecule has 0 aliphatic carbocycles. The van der Waals surface area contributed by atoms with E-state index in [9.17, 15) is 38.4 Å². The Morgan fingerprint density at radius 1 is 0.437 bits per heavy atom. The minimum absolute atomic E-state index is 0. The van der Waals surface area contributed by atoms with Gasteiger partial charge in [0.2, 0.25) is 47.3 Å². The van der Waals surface area contributed by atoms with Gasteiger partial charge in [-0.05, 0) is 95.1 Å². The van der Waals surface area contributed by atoms with Crippen molar-refractivity contribution in [3.63, 3.8) is 0 Å². The van der Waals surface area contributed by atoms with Crippen LogP contribution in [-0.4, -0.2) is 188 Å². The lowest BCUT2D eigenvalue weighted by Gasteiger charge is -2.14. The molecular weight excluding hydrogens is 1360 g/mol. The molecule has 28 N–H and O–H groups in total. The third kappa shape index (κ3) is 77.4. The molecule has 0 saturated heterocycles. The summed E-state index contributed by atoms with van der Waals surface area (Å²) in [5.74, 6) is 0.470. The highest BCUT2D eigenvalue weighted by Crippen LogP contribution is 2.03. The monoisotopic (exact) mass is 1530 g/mol. The van der Waals surface area contributed by atoms with E-state index >= 15 is 0 Å². The number of hydrogen-bond donors (Lipinski definition) is 21. The summed E-state index contributed by atoms with van der Waals surface area (Å²) in [6, 6.07) is 6.10. The second kappa shape index (κ2) is 82.1. The lowest BCUT2D eigenvalue weighted by atomic mass is 10.1. The van der Waals surface area contributed by atoms with Crippen molar-refractivity contribution in [3.05, 3.63) is 54.1 Å². The predicted molar refractivity (Wildman–Crippen MR) is 446 cm³/mol. The number of carbonyl (C=O) groups is 8. The molecule has 1 heterocycles. The van der Waals surface area contributed by atoms with Crippen molar-refractivity contribution < 1.29 is 52.0 Å². The lowest BCUT2D eigenvalue weighted by molar-refractivity contribution is -0.124. The summed E-state index contributed by atoms with van der Waals surface area (Å²) in [7, 11) is 0. The van der Waals surface area contributed by atoms with Gasteiger partial charge in [-0.25, -0.2) is 4.98 Å². The number of aliphatic hydroxyl groups excluding tert-OH is 1. The minimum atomic E-state index is -0.771. The number of aliphatic hydroxyl groups is 1. The molecule has 0 unspecified atom stereocenters. The Morgan fingerprint density at radius 2 is 0.757 bits per heavy atom. The molecule has 8 atom stereocenters. The molecule has 30 heteroatoms. The Hall–Kier alpha value is -5.51. The maximum atomic E-state index is 11.6. The molecule has 0 aliphatic heterocycles. The van der Waals surface area contributed by atoms with E-state index in [0.29, 0.717) is 37.4 Å². The molecule has 2 rings (SSSR count). The van der Waals surface area contributed by atoms with Gasteiger partial charge < -0.3 is 104 Å². The van der Waals surface area contributed by atoms with E-state index in [2.05, 4.69) is 133 Å². The topological polar surface area (TPSA) is 516 Å². The number of nitrogens with one attached hydrogen (secondary N) is 9. The molecule has 0 spiro atoms. The molecule has 618 valence electrons. The largest absolute Gasteiger partial charge is 0.394 e. The molecular formula is C73H165N19O9S2. The van der Waals surface area contributed by atoms with E-state index in [4.69, 9.17) is 56.7 Å². The Kier molecular flexibility index (Phi) is 88.4. The first-order valence-electron chi connectivity index (χ1n) is 37.7. The van der Waals surface area contributed by atoms with Gasteiger partial charge in [-0.15, -0.1) is 0 Å². The number of thiol groups is 2. The number of aromatic amines is 1. The number of nitrogens with zero attached hydrogens (tertiary/aromatic N) is 1. The highest BCUT2D eigenvalue weighted by Gasteiger charge is 2.19. The summed E-state index contributed by atoms with van der Waals surface area (Å²) in [4.78, 5) is 95.9. The fraction of sp³-hybridized carbons (Fsp3) is 0.767. The third-order valence-corrected chi connectivity index (χ3v) is 15.0. The Balaban J connectivity index is -0.0000000867. The van der Waals surface area contributed by atoms with Crippen molar-refractivity contribution in [3.8, 4) is 0 Å². The van der Waals surface area contributed by atoms with E-state index in [0.717, 1.165) is 160 Å². The summed E-state index contributed by atoms with van der Waals surface area (Å²) in [5, 5.41) is 30.5. The Morgan fingerprint density at radius 3 is 1.06 bits per heavy atom. The van der Waals surface area contributed by atoms with E-state index in [-0.39, 0.29) is 92.4 Å². The van der Waals surface area contributed by atoms with E-state index < -0.39 is 30.2 Å². The normalized spacial score (nSPS) is 12.4. The summed E-state index contributed by atoms with van der Waals surface area (Å²) >= 11 is 7.83. The molecule has 2 aromatic rings. The van der Waals surface area contributed by atoms with Crippen LogP contribution in [0.1, 0.15) is 232 Å². The summed E-state index contributed by atoms with van der Waals surface area (Å²) in [5.41, 5.74) is 51.3. The SMILES string of the molecule is CCCCNC(=[18O])[C@@H](N)CS.CCCCN[13C](=O)[C@@H](N)CS.CCCC[15NH2].CCCC[15NH]C(=O)[C@@H](N)C(C)C.CCCC[15NH]C(=O)[C@@H](N)CO.CCCC[15NH]C(=O)[C@@H](N)Cc1ccccc1.CCCC[15NH]C(=O)[C@@H](N)Cc1cnc[nH]1.CCCC[15NH]C(=O)[C@H](C)N.CCCC[15NH]C(=[18O])[C@@H](N)C(C)C.[HH].[HH].[HH].[HH].[HH].[HH]. The molecule has 0 aliphatic rings. The van der Waals surface area contributed by atoms with E-state index in [1.165, 1.54) is 12.8 Å². The van der Waals surface area contributed by atoms with Gasteiger partial charge >= 0.3 is 0 Å². The van der Waals surface area contributed by atoms with E-state index in [1.54, 1.807) is 19.4 Å². The summed E-state index contributed by atoms with van der Waals surface area (Å²) in [6.45, 7) is 34.5. The van der Waals surface area contributed by atoms with E-state index in [1.807, 2.05) is 65.0 Å². The number of imidazole rings is 1. The average Bonchev–Trinajstić information content (AvgIpc) is 1.83. The third-order valence-electron chi connectivity index (χ3n) is 14.2. The Labute approximate surface area is 642 Å². The first-order valence-corrected chi connectivity index (χ1v) is 39.0. The predicted octanol–water partition coefficient (Wildman–Crippen LogP) is 5.45. The molecule has 0 fully saturated rings. The van der Waals surface area contributed by atoms with Gasteiger partial charge in [0, 0.05) is 90.7 Å². The zero-order valence-corrected chi connectivity index (χ0v) is 68.0. The van der Waals surface area contributed by atoms with Gasteiger partial charge in [-0.3, -0.25) is 38.4 Å². The van der Waals surface area contributed by atoms with Crippen LogP contribution in [0.25, 0.3) is 0 Å². The number of rotatable bonds is 43. The fourth-order valence-corrected chi connectivity index (χ4v) is 7.24. The van der Waals surface area contributed by atoms with Crippen LogP contribution in [0.15, 0.2) is 42.9 Å². The van der Waals surface area contributed by atoms with Gasteiger partial charge in [-0.2, -0.15) is 25.3 Å². The van der Waals surface area contributed by atoms with Gasteiger partial charge in [0.15, 0.2) is 0 Å². The maximum absolute atomic E-state index is 11.6. The Bertz CT molecular complexity index is 2180. The van der Waals surface area contributed by atoms with Crippen LogP contribution in [0.2, 0.25) is 0 Å². The van der Waals surface area contributed by atoms with Gasteiger partial charge in [0.1, 0.15) is 6.04 Å². The quantitative estimate of drug-likeness (QED) is 0.0129.